The summed E-state index contributed by atoms with van der Waals surface area (Å²) in [6, 6.07) is 29.3. The molecule has 0 saturated heterocycles. The number of fused-ring (bicyclic) bond motifs is 6. The molecule has 28 nitrogen and oxygen atoms in total. The first kappa shape index (κ1) is 97.4. The SMILES string of the molecule is CC(=O)N[C@@H](C)C(=O)NC(C)(C)C(=O)N[C@@H](C)C(=O)N(C(=O)OCC1c2ccccc2-c2ccccc21)[C@@H](CP(=S)(C1CCCCC1)C1CCCCC1)C(=O)N[C@H](C(=O)N[C@@H](C)C(=O)NC(C)(C)C(=O)N(C(=O)OCC1c2ccccc2-c2ccccc21)[C@@H](CP(=S)(c1ccccc1)c1ccccc1)C(=O)N[C@@H](C)C(=O)NC(C)(C)C(=O)N[C@@H](C)C(N)=O)C(C)C. The van der Waals surface area contributed by atoms with Gasteiger partial charge in [0.2, 0.25) is 59.1 Å². The van der Waals surface area contributed by atoms with Crippen LogP contribution in [0.25, 0.3) is 22.3 Å². The van der Waals surface area contributed by atoms with E-state index < -0.39 is 184 Å². The molecule has 2 fully saturated rings. The van der Waals surface area contributed by atoms with Crippen LogP contribution in [0, 0.1) is 5.92 Å². The number of benzene rings is 6. The van der Waals surface area contributed by atoms with Crippen molar-refractivity contribution in [1.29, 1.82) is 0 Å². The highest BCUT2D eigenvalue weighted by molar-refractivity contribution is 8.22. The smallest absolute Gasteiger partial charge is 0.417 e. The molecule has 11 N–H and O–H groups in total. The first-order valence-corrected chi connectivity index (χ1v) is 49.3. The minimum atomic E-state index is -3.43. The summed E-state index contributed by atoms with van der Waals surface area (Å²) >= 11 is 13.9. The quantitative estimate of drug-likeness (QED) is 0.0166. The Bertz CT molecular complexity index is 5040. The predicted molar refractivity (Wildman–Crippen MR) is 492 cm³/mol. The summed E-state index contributed by atoms with van der Waals surface area (Å²) in [5.41, 5.74) is 6.44. The summed E-state index contributed by atoms with van der Waals surface area (Å²) < 4.78 is 12.7. The van der Waals surface area contributed by atoms with Gasteiger partial charge in [0.05, 0.1) is 0 Å². The van der Waals surface area contributed by atoms with Gasteiger partial charge in [-0.3, -0.25) is 57.5 Å². The van der Waals surface area contributed by atoms with Gasteiger partial charge in [0.1, 0.15) is 78.2 Å². The van der Waals surface area contributed by atoms with Crippen LogP contribution in [-0.2, 0) is 90.6 Å². The zero-order valence-electron chi connectivity index (χ0n) is 74.1. The normalized spacial score (nSPS) is 16.2. The highest BCUT2D eigenvalue weighted by atomic mass is 32.4. The number of nitrogens with two attached hydrogens (primary N) is 1. The third-order valence-corrected chi connectivity index (χ3v) is 35.9. The molecule has 4 aliphatic carbocycles. The maximum atomic E-state index is 16.4. The number of amides is 14. The maximum absolute atomic E-state index is 16.4. The van der Waals surface area contributed by atoms with Crippen molar-refractivity contribution >= 4 is 129 Å². The van der Waals surface area contributed by atoms with E-state index in [0.717, 1.165) is 114 Å². The minimum Gasteiger partial charge on any atom is -0.448 e. The molecule has 674 valence electrons. The fraction of sp³-hybridized carbons (Fsp3) is 0.468. The van der Waals surface area contributed by atoms with E-state index in [-0.39, 0.29) is 30.7 Å². The number of ether oxygens (including phenoxy) is 2. The molecule has 14 amide bonds. The molecule has 0 radical (unpaired) electrons. The second-order valence-corrected chi connectivity index (χ2v) is 45.8. The summed E-state index contributed by atoms with van der Waals surface area (Å²) in [5.74, 6) is -12.9. The Hall–Kier alpha value is -10.8. The molecular formula is C94H120N12O16P2S2. The largest absolute Gasteiger partial charge is 0.448 e. The van der Waals surface area contributed by atoms with Crippen molar-refractivity contribution in [2.24, 2.45) is 11.7 Å². The van der Waals surface area contributed by atoms with Crippen LogP contribution in [0.2, 0.25) is 0 Å². The third kappa shape index (κ3) is 22.8. The number of imide groups is 2. The fourth-order valence-corrected chi connectivity index (χ4v) is 27.4. The van der Waals surface area contributed by atoms with Crippen LogP contribution < -0.4 is 64.2 Å². The van der Waals surface area contributed by atoms with Crippen LogP contribution in [0.1, 0.15) is 195 Å². The zero-order valence-corrected chi connectivity index (χ0v) is 77.6. The maximum Gasteiger partial charge on any atom is 0.417 e. The van der Waals surface area contributed by atoms with Gasteiger partial charge < -0.3 is 63.1 Å². The molecule has 0 aliphatic heterocycles. The van der Waals surface area contributed by atoms with Gasteiger partial charge in [-0.1, -0.05) is 234 Å². The van der Waals surface area contributed by atoms with Gasteiger partial charge in [0.25, 0.3) is 11.8 Å². The summed E-state index contributed by atoms with van der Waals surface area (Å²) in [7, 11) is 0. The third-order valence-electron chi connectivity index (χ3n) is 24.4. The van der Waals surface area contributed by atoms with Crippen LogP contribution in [0.5, 0.6) is 0 Å². The minimum absolute atomic E-state index is 0.0706. The van der Waals surface area contributed by atoms with Gasteiger partial charge in [-0.25, -0.2) is 19.4 Å². The van der Waals surface area contributed by atoms with E-state index in [1.54, 1.807) is 74.5 Å². The number of carbonyl (C=O) groups excluding carboxylic acids is 14. The summed E-state index contributed by atoms with van der Waals surface area (Å²) in [5, 5.41) is 25.0. The van der Waals surface area contributed by atoms with Gasteiger partial charge in [0, 0.05) is 37.1 Å². The molecule has 126 heavy (non-hydrogen) atoms. The number of nitrogens with one attached hydrogen (secondary N) is 9. The molecule has 0 unspecified atom stereocenters. The summed E-state index contributed by atoms with van der Waals surface area (Å²) in [6.45, 7) is 18.6. The van der Waals surface area contributed by atoms with Gasteiger partial charge in [-0.15, -0.1) is 0 Å². The summed E-state index contributed by atoms with van der Waals surface area (Å²) in [6.07, 6.45) is 5.02. The number of rotatable bonds is 35. The van der Waals surface area contributed by atoms with Crippen LogP contribution in [0.3, 0.4) is 0 Å². The van der Waals surface area contributed by atoms with Crippen LogP contribution >= 0.6 is 12.1 Å². The van der Waals surface area contributed by atoms with Gasteiger partial charge in [0.15, 0.2) is 0 Å². The molecule has 32 heteroatoms. The van der Waals surface area contributed by atoms with E-state index in [1.165, 1.54) is 83.1 Å². The highest BCUT2D eigenvalue weighted by Crippen LogP contribution is 2.64. The van der Waals surface area contributed by atoms with Crippen molar-refractivity contribution in [3.63, 3.8) is 0 Å². The van der Waals surface area contributed by atoms with E-state index in [1.807, 2.05) is 97.1 Å². The van der Waals surface area contributed by atoms with Gasteiger partial charge in [-0.2, -0.15) is 0 Å². The van der Waals surface area contributed by atoms with E-state index in [0.29, 0.717) is 15.5 Å². The van der Waals surface area contributed by atoms with Crippen molar-refractivity contribution in [2.75, 3.05) is 25.5 Å². The molecule has 2 saturated carbocycles. The van der Waals surface area contributed by atoms with Crippen molar-refractivity contribution in [3.8, 4) is 22.3 Å². The Morgan fingerprint density at radius 2 is 0.746 bits per heavy atom. The van der Waals surface area contributed by atoms with Crippen molar-refractivity contribution in [2.45, 2.75) is 249 Å². The number of carbonyl (C=O) groups is 14. The second kappa shape index (κ2) is 41.8. The molecule has 0 spiro atoms. The Kier molecular flexibility index (Phi) is 32.3. The predicted octanol–water partition coefficient (Wildman–Crippen LogP) is 9.41. The Labute approximate surface area is 747 Å². The van der Waals surface area contributed by atoms with Crippen LogP contribution in [-0.4, -0.2) is 195 Å². The lowest BCUT2D eigenvalue weighted by Gasteiger charge is -2.44. The zero-order chi connectivity index (χ0) is 92.1. The average molecular weight is 1800 g/mol. The lowest BCUT2D eigenvalue weighted by atomic mass is 9.98. The molecule has 4 aliphatic rings. The average Bonchev–Trinajstić information content (AvgIpc) is 1.57. The first-order valence-electron chi connectivity index (χ1n) is 43.2. The molecule has 10 rings (SSSR count). The monoisotopic (exact) mass is 1800 g/mol. The first-order chi connectivity index (χ1) is 59.5. The van der Waals surface area contributed by atoms with Crippen LogP contribution in [0.15, 0.2) is 158 Å². The second-order valence-electron chi connectivity index (χ2n) is 35.5. The van der Waals surface area contributed by atoms with E-state index in [9.17, 15) is 28.8 Å². The fourth-order valence-electron chi connectivity index (χ4n) is 17.2. The molecule has 8 atom stereocenters. The Morgan fingerprint density at radius 3 is 1.13 bits per heavy atom. The molecule has 6 aromatic carbocycles. The van der Waals surface area contributed by atoms with Gasteiger partial charge in [-0.05, 0) is 180 Å². The Balaban J connectivity index is 0.998. The number of hydrogen-bond acceptors (Lipinski definition) is 18. The van der Waals surface area contributed by atoms with Gasteiger partial charge >= 0.3 is 12.2 Å². The molecular weight excluding hydrogens is 1680 g/mol. The molecule has 0 aromatic heterocycles. The van der Waals surface area contributed by atoms with E-state index in [2.05, 4.69) is 47.9 Å². The standard InChI is InChI=1S/C94H120N12O16P2S2/c1-55(2)78(101-84(113)76(53-123(125,62-35-19-15-20-36-62)63-37-21-16-22-38-63)105(86(115)60(7)100-88(117)93(11,12)102-80(109)57(4)96-61(8)107)90(119)121-51-74-70-47-31-27-43-66(70)67-44-28-32-48-71(67)74)85(114)98-59(6)82(111)104-94(13,14)89(118)106(91(120)122-52-75-72-49-33-29-45-68(72)69-46-30-34-50-73(69)75)77(54-124(126,64-39-23-17-24-40-64)65-41-25-18-26-42-65)83(112)97-58(5)81(110)103-92(9,10)87(116)99-56(3)79(95)108/h17-18,23-34,39-50,55-60,62-63,74-78H,15-16,19-22,35-38,51-54H2,1-14H3,(H2,95,108)(H,96,107)(H,97,112)(H,98,114)(H,99,116)(H,100,117)(H,101,113)(H,102,109)(H,103,110)(H,104,111)/t56-,57-,58-,59-,60-,76-,77-,78-/m0/s1. The van der Waals surface area contributed by atoms with Crippen molar-refractivity contribution in [3.05, 3.63) is 180 Å². The molecule has 6 aromatic rings. The number of primary amides is 1. The lowest BCUT2D eigenvalue weighted by Crippen LogP contribution is -2.66. The van der Waals surface area contributed by atoms with E-state index in [4.69, 9.17) is 38.8 Å². The molecule has 0 heterocycles. The summed E-state index contributed by atoms with van der Waals surface area (Å²) in [4.78, 5) is 208. The Morgan fingerprint density at radius 1 is 0.405 bits per heavy atom. The van der Waals surface area contributed by atoms with Crippen LogP contribution in [0.4, 0.5) is 9.59 Å². The van der Waals surface area contributed by atoms with Crippen molar-refractivity contribution < 1.29 is 76.6 Å². The molecule has 0 bridgehead atoms. The van der Waals surface area contributed by atoms with E-state index >= 15 is 38.4 Å². The number of hydrogen-bond donors (Lipinski definition) is 10. The topological polar surface area (TPSA) is 398 Å². The van der Waals surface area contributed by atoms with Crippen molar-refractivity contribution in [1.82, 2.24) is 57.7 Å². The number of nitrogens with zero attached hydrogens (tertiary/aromatic N) is 2. The highest BCUT2D eigenvalue weighted by Gasteiger charge is 2.51. The lowest BCUT2D eigenvalue weighted by molar-refractivity contribution is -0.145.